The molecular formula is C24H29N5O. The van der Waals surface area contributed by atoms with Gasteiger partial charge in [-0.15, -0.1) is 0 Å². The molecule has 3 heterocycles. The Kier molecular flexibility index (Phi) is 6.20. The molecule has 0 spiro atoms. The molecule has 6 nitrogen and oxygen atoms in total. The first-order valence-corrected chi connectivity index (χ1v) is 10.7. The summed E-state index contributed by atoms with van der Waals surface area (Å²) in [5.74, 6) is 1.38. The highest BCUT2D eigenvalue weighted by molar-refractivity contribution is 5.89. The molecule has 2 N–H and O–H groups in total. The number of amides is 2. The molecule has 2 aromatic rings. The summed E-state index contributed by atoms with van der Waals surface area (Å²) in [6.07, 6.45) is 2.38. The van der Waals surface area contributed by atoms with Crippen LogP contribution in [0.4, 0.5) is 16.2 Å². The van der Waals surface area contributed by atoms with Crippen LogP contribution in [-0.4, -0.2) is 50.2 Å². The first-order chi connectivity index (χ1) is 14.6. The lowest BCUT2D eigenvalue weighted by Crippen LogP contribution is -2.58. The number of anilines is 2. The maximum Gasteiger partial charge on any atom is 0.319 e. The molecule has 3 aliphatic rings. The van der Waals surface area contributed by atoms with Crippen LogP contribution in [0, 0.1) is 23.2 Å². The second-order valence-electron chi connectivity index (χ2n) is 8.44. The van der Waals surface area contributed by atoms with Gasteiger partial charge in [0.2, 0.25) is 0 Å². The molecule has 3 fully saturated rings. The van der Waals surface area contributed by atoms with Crippen molar-refractivity contribution in [2.75, 3.05) is 43.4 Å². The van der Waals surface area contributed by atoms with E-state index < -0.39 is 0 Å². The summed E-state index contributed by atoms with van der Waals surface area (Å²) in [7, 11) is 2.18. The Morgan fingerprint density at radius 3 is 2.80 bits per heavy atom. The van der Waals surface area contributed by atoms with Crippen molar-refractivity contribution in [1.82, 2.24) is 10.2 Å². The summed E-state index contributed by atoms with van der Waals surface area (Å²) in [5, 5.41) is 14.8. The van der Waals surface area contributed by atoms with E-state index in [0.29, 0.717) is 35.7 Å². The Morgan fingerprint density at radius 1 is 1.23 bits per heavy atom. The number of nitrogens with zero attached hydrogens (tertiary/aromatic N) is 3. The van der Waals surface area contributed by atoms with Crippen molar-refractivity contribution in [3.63, 3.8) is 0 Å². The summed E-state index contributed by atoms with van der Waals surface area (Å²) >= 11 is 0. The smallest absolute Gasteiger partial charge is 0.319 e. The van der Waals surface area contributed by atoms with Gasteiger partial charge in [0.05, 0.1) is 11.6 Å². The van der Waals surface area contributed by atoms with Crippen molar-refractivity contribution in [2.24, 2.45) is 11.8 Å². The Bertz CT molecular complexity index is 909. The van der Waals surface area contributed by atoms with Gasteiger partial charge >= 0.3 is 6.03 Å². The highest BCUT2D eigenvalue weighted by Gasteiger charge is 2.40. The minimum absolute atomic E-state index is 0.215. The summed E-state index contributed by atoms with van der Waals surface area (Å²) in [6, 6.07) is 19.8. The zero-order valence-corrected chi connectivity index (χ0v) is 17.4. The van der Waals surface area contributed by atoms with Gasteiger partial charge < -0.3 is 15.5 Å². The van der Waals surface area contributed by atoms with Gasteiger partial charge in [0.1, 0.15) is 0 Å². The molecule has 3 saturated heterocycles. The van der Waals surface area contributed by atoms with Gasteiger partial charge in [0.25, 0.3) is 0 Å². The van der Waals surface area contributed by atoms with E-state index in [1.54, 1.807) is 24.3 Å². The normalized spacial score (nSPS) is 24.7. The molecule has 0 aromatic heterocycles. The van der Waals surface area contributed by atoms with Crippen molar-refractivity contribution < 1.29 is 4.79 Å². The number of hydrogen-bond donors (Lipinski definition) is 2. The molecule has 5 rings (SSSR count). The Balaban J connectivity index is 1.26. The van der Waals surface area contributed by atoms with E-state index in [2.05, 4.69) is 63.9 Å². The predicted octanol–water partition coefficient (Wildman–Crippen LogP) is 3.53. The molecule has 0 aliphatic carbocycles. The molecule has 4 atom stereocenters. The molecule has 2 bridgehead atoms. The van der Waals surface area contributed by atoms with E-state index >= 15 is 0 Å². The van der Waals surface area contributed by atoms with Crippen molar-refractivity contribution in [3.8, 4) is 6.07 Å². The monoisotopic (exact) mass is 403 g/mol. The third-order valence-corrected chi connectivity index (χ3v) is 6.47. The molecular weight excluding hydrogens is 374 g/mol. The van der Waals surface area contributed by atoms with Gasteiger partial charge in [-0.2, -0.15) is 5.26 Å². The number of rotatable bonds is 6. The topological polar surface area (TPSA) is 71.4 Å². The molecule has 4 unspecified atom stereocenters. The van der Waals surface area contributed by atoms with E-state index in [1.165, 1.54) is 12.1 Å². The predicted molar refractivity (Wildman–Crippen MR) is 119 cm³/mol. The standard InChI is InChI=1S/C24H29N5O/c1-28(22-8-3-2-4-9-22)16-20-17-29-11-10-19(20)13-23(29)15-26-24(30)27-21-7-5-6-18(12-21)14-25/h2-9,12,19-20,23H,10-11,13,15-17H2,1H3,(H2,26,27,30). The first-order valence-electron chi connectivity index (χ1n) is 10.7. The fourth-order valence-corrected chi connectivity index (χ4v) is 4.86. The maximum absolute atomic E-state index is 12.3. The van der Waals surface area contributed by atoms with Gasteiger partial charge in [-0.25, -0.2) is 4.79 Å². The maximum atomic E-state index is 12.3. The van der Waals surface area contributed by atoms with Crippen LogP contribution in [0.25, 0.3) is 0 Å². The minimum atomic E-state index is -0.215. The van der Waals surface area contributed by atoms with Gasteiger partial charge in [0, 0.05) is 44.1 Å². The highest BCUT2D eigenvalue weighted by Crippen LogP contribution is 2.36. The van der Waals surface area contributed by atoms with Gasteiger partial charge in [-0.3, -0.25) is 4.90 Å². The average molecular weight is 404 g/mol. The zero-order chi connectivity index (χ0) is 20.9. The number of carbonyl (C=O) groups is 1. The first kappa shape index (κ1) is 20.2. The van der Waals surface area contributed by atoms with Crippen LogP contribution in [0.15, 0.2) is 54.6 Å². The van der Waals surface area contributed by atoms with Crippen LogP contribution in [0.3, 0.4) is 0 Å². The number of para-hydroxylation sites is 1. The van der Waals surface area contributed by atoms with Crippen LogP contribution in [0.5, 0.6) is 0 Å². The molecule has 0 radical (unpaired) electrons. The third-order valence-electron chi connectivity index (χ3n) is 6.47. The van der Waals surface area contributed by atoms with Crippen LogP contribution in [0.2, 0.25) is 0 Å². The number of nitrogens with one attached hydrogen (secondary N) is 2. The van der Waals surface area contributed by atoms with E-state index in [1.807, 2.05) is 0 Å². The van der Waals surface area contributed by atoms with Crippen molar-refractivity contribution in [1.29, 1.82) is 5.26 Å². The third kappa shape index (κ3) is 4.74. The van der Waals surface area contributed by atoms with Crippen LogP contribution in [-0.2, 0) is 0 Å². The van der Waals surface area contributed by atoms with Crippen molar-refractivity contribution in [2.45, 2.75) is 18.9 Å². The average Bonchev–Trinajstić information content (AvgIpc) is 2.79. The Labute approximate surface area is 178 Å². The quantitative estimate of drug-likeness (QED) is 0.774. The van der Waals surface area contributed by atoms with E-state index in [0.717, 1.165) is 26.1 Å². The number of nitriles is 1. The number of piperidine rings is 3. The van der Waals surface area contributed by atoms with Crippen LogP contribution in [0.1, 0.15) is 18.4 Å². The summed E-state index contributed by atoms with van der Waals surface area (Å²) in [4.78, 5) is 17.2. The molecule has 156 valence electrons. The second-order valence-corrected chi connectivity index (χ2v) is 8.44. The number of hydrogen-bond acceptors (Lipinski definition) is 4. The molecule has 6 heteroatoms. The summed E-state index contributed by atoms with van der Waals surface area (Å²) in [6.45, 7) is 3.94. The fourth-order valence-electron chi connectivity index (χ4n) is 4.86. The van der Waals surface area contributed by atoms with Crippen LogP contribution >= 0.6 is 0 Å². The lowest BCUT2D eigenvalue weighted by Gasteiger charge is -2.50. The van der Waals surface area contributed by atoms with Crippen molar-refractivity contribution in [3.05, 3.63) is 60.2 Å². The molecule has 0 saturated carbocycles. The van der Waals surface area contributed by atoms with E-state index in [9.17, 15) is 4.79 Å². The van der Waals surface area contributed by atoms with Crippen LogP contribution < -0.4 is 15.5 Å². The lowest BCUT2D eigenvalue weighted by molar-refractivity contribution is 0.00612. The largest absolute Gasteiger partial charge is 0.374 e. The van der Waals surface area contributed by atoms with Crippen molar-refractivity contribution >= 4 is 17.4 Å². The number of benzene rings is 2. The molecule has 3 aliphatic heterocycles. The van der Waals surface area contributed by atoms with E-state index in [4.69, 9.17) is 5.26 Å². The molecule has 2 amide bonds. The lowest BCUT2D eigenvalue weighted by atomic mass is 9.75. The number of carbonyl (C=O) groups excluding carboxylic acids is 1. The fraction of sp³-hybridized carbons (Fsp3) is 0.417. The van der Waals surface area contributed by atoms with E-state index in [-0.39, 0.29) is 6.03 Å². The highest BCUT2D eigenvalue weighted by atomic mass is 16.2. The minimum Gasteiger partial charge on any atom is -0.374 e. The number of urea groups is 1. The Morgan fingerprint density at radius 2 is 2.07 bits per heavy atom. The van der Waals surface area contributed by atoms with Gasteiger partial charge in [-0.1, -0.05) is 24.3 Å². The summed E-state index contributed by atoms with van der Waals surface area (Å²) < 4.78 is 0. The SMILES string of the molecule is CN(CC1CN2CCC1CC2CNC(=O)Nc1cccc(C#N)c1)c1ccccc1. The second kappa shape index (κ2) is 9.19. The summed E-state index contributed by atoms with van der Waals surface area (Å²) in [5.41, 5.74) is 2.44. The zero-order valence-electron chi connectivity index (χ0n) is 17.4. The molecule has 2 aromatic carbocycles. The Hall–Kier alpha value is -3.04. The number of fused-ring (bicyclic) bond motifs is 3. The molecule has 30 heavy (non-hydrogen) atoms. The van der Waals surface area contributed by atoms with Gasteiger partial charge in [-0.05, 0) is 61.6 Å². The van der Waals surface area contributed by atoms with Gasteiger partial charge in [0.15, 0.2) is 0 Å².